The third kappa shape index (κ3) is 4.63. The van der Waals surface area contributed by atoms with Crippen molar-refractivity contribution < 1.29 is 37.0 Å². The number of amides is 2. The van der Waals surface area contributed by atoms with E-state index in [2.05, 4.69) is 20.0 Å². The Kier molecular flexibility index (Phi) is 6.43. The van der Waals surface area contributed by atoms with Crippen LogP contribution in [0.3, 0.4) is 0 Å². The fourth-order valence-electron chi connectivity index (χ4n) is 4.50. The number of alkyl halides is 3. The normalized spacial score (nSPS) is 16.7. The zero-order chi connectivity index (χ0) is 27.9. The van der Waals surface area contributed by atoms with Crippen LogP contribution in [0, 0.1) is 0 Å². The van der Waals surface area contributed by atoms with E-state index in [1.54, 1.807) is 30.3 Å². The van der Waals surface area contributed by atoms with Crippen LogP contribution in [-0.2, 0) is 26.5 Å². The van der Waals surface area contributed by atoms with Crippen LogP contribution in [0.15, 0.2) is 66.7 Å². The summed E-state index contributed by atoms with van der Waals surface area (Å²) in [6, 6.07) is 16.6. The van der Waals surface area contributed by atoms with Crippen molar-refractivity contribution in [2.75, 3.05) is 12.4 Å². The first-order chi connectivity index (χ1) is 18.5. The van der Waals surface area contributed by atoms with Gasteiger partial charge in [-0.15, -0.1) is 0 Å². The predicted molar refractivity (Wildman–Crippen MR) is 133 cm³/mol. The van der Waals surface area contributed by atoms with Gasteiger partial charge in [0.1, 0.15) is 0 Å². The Balaban J connectivity index is 1.73. The van der Waals surface area contributed by atoms with Gasteiger partial charge < -0.3 is 14.5 Å². The summed E-state index contributed by atoms with van der Waals surface area (Å²) in [5.74, 6) is -3.13. The van der Waals surface area contributed by atoms with Gasteiger partial charge in [-0.05, 0) is 35.9 Å². The number of fused-ring (bicyclic) bond motifs is 2. The van der Waals surface area contributed by atoms with E-state index in [4.69, 9.17) is 16.3 Å². The van der Waals surface area contributed by atoms with E-state index in [1.165, 1.54) is 36.4 Å². The number of nitrogens with one attached hydrogen (secondary N) is 2. The van der Waals surface area contributed by atoms with E-state index in [9.17, 15) is 27.6 Å². The SMILES string of the molecule is COC(=O)Nc1nc2ccc(C3(OC(=O)C(F)(F)F)c4ccccc4C(=O)N3Cc3cccc(Cl)c3)cc2[nH]1. The minimum Gasteiger partial charge on any atom is -0.453 e. The lowest BCUT2D eigenvalue weighted by Gasteiger charge is -2.39. The van der Waals surface area contributed by atoms with Crippen LogP contribution in [0.1, 0.15) is 27.0 Å². The van der Waals surface area contributed by atoms with Gasteiger partial charge in [-0.1, -0.05) is 48.0 Å². The average molecular weight is 559 g/mol. The first-order valence-corrected chi connectivity index (χ1v) is 11.7. The molecule has 9 nitrogen and oxygen atoms in total. The molecule has 0 radical (unpaired) electrons. The number of aromatic nitrogens is 2. The molecule has 2 heterocycles. The average Bonchev–Trinajstić information content (AvgIpc) is 3.40. The maximum Gasteiger partial charge on any atom is 0.491 e. The van der Waals surface area contributed by atoms with Gasteiger partial charge in [0.05, 0.1) is 24.7 Å². The van der Waals surface area contributed by atoms with Crippen molar-refractivity contribution in [2.24, 2.45) is 0 Å². The summed E-state index contributed by atoms with van der Waals surface area (Å²) in [5, 5.41) is 2.71. The number of rotatable bonds is 5. The highest BCUT2D eigenvalue weighted by atomic mass is 35.5. The van der Waals surface area contributed by atoms with Gasteiger partial charge in [0.15, 0.2) is 0 Å². The second kappa shape index (κ2) is 9.62. The molecule has 13 heteroatoms. The van der Waals surface area contributed by atoms with Crippen LogP contribution >= 0.6 is 11.6 Å². The Hall–Kier alpha value is -4.58. The number of methoxy groups -OCH3 is 1. The first kappa shape index (κ1) is 26.0. The van der Waals surface area contributed by atoms with Gasteiger partial charge in [0.25, 0.3) is 5.91 Å². The monoisotopic (exact) mass is 558 g/mol. The molecule has 1 aliphatic rings. The molecule has 3 aromatic carbocycles. The number of esters is 1. The Bertz CT molecular complexity index is 1620. The number of carbonyl (C=O) groups is 3. The third-order valence-electron chi connectivity index (χ3n) is 6.13. The van der Waals surface area contributed by atoms with Crippen LogP contribution in [0.5, 0.6) is 0 Å². The summed E-state index contributed by atoms with van der Waals surface area (Å²) in [5.41, 5.74) is -1.07. The van der Waals surface area contributed by atoms with Crippen LogP contribution in [-0.4, -0.2) is 46.1 Å². The molecule has 0 spiro atoms. The number of hydrogen-bond donors (Lipinski definition) is 2. The van der Waals surface area contributed by atoms with Crippen molar-refractivity contribution >= 4 is 46.6 Å². The van der Waals surface area contributed by atoms with Crippen molar-refractivity contribution in [3.63, 3.8) is 0 Å². The number of ether oxygens (including phenoxy) is 2. The van der Waals surface area contributed by atoms with Crippen molar-refractivity contribution in [1.29, 1.82) is 0 Å². The molecule has 1 aliphatic heterocycles. The van der Waals surface area contributed by atoms with E-state index < -0.39 is 29.9 Å². The molecule has 0 saturated carbocycles. The van der Waals surface area contributed by atoms with Crippen LogP contribution in [0.4, 0.5) is 23.9 Å². The van der Waals surface area contributed by atoms with Gasteiger partial charge in [0, 0.05) is 21.7 Å². The Morgan fingerprint density at radius 2 is 1.87 bits per heavy atom. The molecule has 1 unspecified atom stereocenters. The number of aromatic amines is 1. The standard InChI is InChI=1S/C26H18ClF3N4O5/c1-38-24(37)33-23-31-19-10-9-15(12-20(19)32-23)25(39-22(36)26(28,29)30)18-8-3-2-7-17(18)21(35)34(25)13-14-5-4-6-16(27)11-14/h2-12H,13H2,1H3,(H2,31,32,33,37). The number of nitrogens with zero attached hydrogens (tertiary/aromatic N) is 2. The molecule has 0 aliphatic carbocycles. The number of imidazole rings is 1. The summed E-state index contributed by atoms with van der Waals surface area (Å²) in [6.45, 7) is -0.241. The molecule has 0 saturated heterocycles. The van der Waals surface area contributed by atoms with Crippen LogP contribution < -0.4 is 5.32 Å². The number of H-pyrrole nitrogens is 1. The Morgan fingerprint density at radius 3 is 2.59 bits per heavy atom. The highest BCUT2D eigenvalue weighted by Crippen LogP contribution is 2.47. The lowest BCUT2D eigenvalue weighted by atomic mass is 9.92. The number of benzene rings is 3. The second-order valence-electron chi connectivity index (χ2n) is 8.53. The lowest BCUT2D eigenvalue weighted by Crippen LogP contribution is -2.49. The van der Waals surface area contributed by atoms with Crippen molar-refractivity contribution in [1.82, 2.24) is 14.9 Å². The van der Waals surface area contributed by atoms with Crippen LogP contribution in [0.25, 0.3) is 11.0 Å². The highest BCUT2D eigenvalue weighted by Gasteiger charge is 2.57. The third-order valence-corrected chi connectivity index (χ3v) is 6.36. The van der Waals surface area contributed by atoms with Gasteiger partial charge in [0.2, 0.25) is 11.7 Å². The van der Waals surface area contributed by atoms with E-state index in [1.807, 2.05) is 0 Å². The molecular formula is C26H18ClF3N4O5. The maximum atomic E-state index is 13.7. The Labute approximate surface area is 223 Å². The lowest BCUT2D eigenvalue weighted by molar-refractivity contribution is -0.222. The molecule has 2 N–H and O–H groups in total. The zero-order valence-corrected chi connectivity index (χ0v) is 20.8. The zero-order valence-electron chi connectivity index (χ0n) is 20.0. The summed E-state index contributed by atoms with van der Waals surface area (Å²) >= 11 is 6.11. The second-order valence-corrected chi connectivity index (χ2v) is 8.97. The first-order valence-electron chi connectivity index (χ1n) is 11.3. The van der Waals surface area contributed by atoms with Crippen molar-refractivity contribution in [3.05, 3.63) is 94.0 Å². The van der Waals surface area contributed by atoms with E-state index in [0.29, 0.717) is 16.1 Å². The molecule has 39 heavy (non-hydrogen) atoms. The van der Waals surface area contributed by atoms with Gasteiger partial charge in [-0.3, -0.25) is 15.0 Å². The number of halogens is 4. The summed E-state index contributed by atoms with van der Waals surface area (Å²) in [7, 11) is 1.16. The van der Waals surface area contributed by atoms with E-state index in [0.717, 1.165) is 12.0 Å². The van der Waals surface area contributed by atoms with Crippen LogP contribution in [0.2, 0.25) is 5.02 Å². The largest absolute Gasteiger partial charge is 0.491 e. The van der Waals surface area contributed by atoms with Gasteiger partial charge in [-0.25, -0.2) is 14.6 Å². The summed E-state index contributed by atoms with van der Waals surface area (Å²) in [6.07, 6.45) is -6.15. The minimum absolute atomic E-state index is 0.00835. The fraction of sp³-hybridized carbons (Fsp3) is 0.154. The van der Waals surface area contributed by atoms with Gasteiger partial charge in [-0.2, -0.15) is 13.2 Å². The Morgan fingerprint density at radius 1 is 1.10 bits per heavy atom. The van der Waals surface area contributed by atoms with Gasteiger partial charge >= 0.3 is 18.2 Å². The molecule has 1 aromatic heterocycles. The molecule has 4 aromatic rings. The quantitative estimate of drug-likeness (QED) is 0.319. The molecule has 200 valence electrons. The molecule has 1 atom stereocenters. The number of anilines is 1. The topological polar surface area (TPSA) is 114 Å². The highest BCUT2D eigenvalue weighted by molar-refractivity contribution is 6.30. The molecule has 0 bridgehead atoms. The van der Waals surface area contributed by atoms with E-state index >= 15 is 0 Å². The van der Waals surface area contributed by atoms with Crippen molar-refractivity contribution in [3.8, 4) is 0 Å². The predicted octanol–water partition coefficient (Wildman–Crippen LogP) is 5.36. The number of carbonyl (C=O) groups excluding carboxylic acids is 3. The molecule has 2 amide bonds. The fourth-order valence-corrected chi connectivity index (χ4v) is 4.71. The smallest absolute Gasteiger partial charge is 0.453 e. The summed E-state index contributed by atoms with van der Waals surface area (Å²) in [4.78, 5) is 45.7. The molecular weight excluding hydrogens is 541 g/mol. The minimum atomic E-state index is -5.36. The van der Waals surface area contributed by atoms with E-state index in [-0.39, 0.29) is 34.7 Å². The molecule has 5 rings (SSSR count). The molecule has 0 fully saturated rings. The number of hydrogen-bond acceptors (Lipinski definition) is 6. The maximum absolute atomic E-state index is 13.7. The summed E-state index contributed by atoms with van der Waals surface area (Å²) < 4.78 is 50.7. The van der Waals surface area contributed by atoms with Crippen molar-refractivity contribution in [2.45, 2.75) is 18.4 Å².